The van der Waals surface area contributed by atoms with Crippen LogP contribution in [0.2, 0.25) is 0 Å². The standard InChI is InChI=1S/C43H54O7S/c1-11-34-33-20-32-25(8)31(21-35(32)48-37(33)38-40-42(9,41(45)49-38)17-16-36(44)43(34,40)10)26-12-14-28(15-13-26)50-51(46,47)39-29(23(4)5)18-27(22(2)3)19-30(39)24(6)7/h12-19,22-24,31,33-35,37-38,40H,11,20-21H2,1-10H3/t31-,33-,34-,35-,37-,38-,40-,42+,43-/m0/s1. The normalized spacial score (nSPS) is 34.3. The molecular weight excluding hydrogens is 661 g/mol. The van der Waals surface area contributed by atoms with Crippen molar-refractivity contribution in [2.24, 2.45) is 28.6 Å². The molecule has 0 bridgehead atoms. The lowest BCUT2D eigenvalue weighted by molar-refractivity contribution is -0.202. The van der Waals surface area contributed by atoms with Crippen LogP contribution in [0.4, 0.5) is 0 Å². The van der Waals surface area contributed by atoms with Gasteiger partial charge in [0.2, 0.25) is 0 Å². The topological polar surface area (TPSA) is 96.0 Å². The number of allylic oxidation sites excluding steroid dienone is 2. The number of carbonyl (C=O) groups is 2. The van der Waals surface area contributed by atoms with Crippen LogP contribution in [0, 0.1) is 28.6 Å². The Morgan fingerprint density at radius 2 is 1.55 bits per heavy atom. The summed E-state index contributed by atoms with van der Waals surface area (Å²) in [4.78, 5) is 27.3. The number of hydrogen-bond donors (Lipinski definition) is 0. The van der Waals surface area contributed by atoms with Crippen LogP contribution in [0.1, 0.15) is 134 Å². The van der Waals surface area contributed by atoms with Gasteiger partial charge in [0, 0.05) is 17.3 Å². The lowest BCUT2D eigenvalue weighted by atomic mass is 9.45. The lowest BCUT2D eigenvalue weighted by Gasteiger charge is -2.58. The summed E-state index contributed by atoms with van der Waals surface area (Å²) in [5.41, 5.74) is 4.79. The molecule has 3 aliphatic carbocycles. The lowest BCUT2D eigenvalue weighted by Crippen LogP contribution is -2.64. The predicted molar refractivity (Wildman–Crippen MR) is 197 cm³/mol. The first-order valence-electron chi connectivity index (χ1n) is 19.0. The number of benzene rings is 2. The molecule has 51 heavy (non-hydrogen) atoms. The quantitative estimate of drug-likeness (QED) is 0.153. The molecular formula is C43H54O7S. The minimum absolute atomic E-state index is 0.00631. The highest BCUT2D eigenvalue weighted by Crippen LogP contribution is 2.65. The molecule has 7 nitrogen and oxygen atoms in total. The SMILES string of the molecule is CC[C@H]1[C@@H]2CC3=C(C)[C@@H](c4ccc(OS(=O)(=O)c5c(C(C)C)cc(C(C)C)cc5C(C)C)cc4)C[C@@H]3O[C@@H]2[C@@H]2OC(=O)[C@]3(C)C=CC(=O)[C@@]1(C)[C@@H]23. The molecule has 2 aliphatic heterocycles. The third-order valence-electron chi connectivity index (χ3n) is 13.4. The summed E-state index contributed by atoms with van der Waals surface area (Å²) < 4.78 is 47.0. The average Bonchev–Trinajstić information content (AvgIpc) is 3.54. The van der Waals surface area contributed by atoms with Crippen LogP contribution >= 0.6 is 0 Å². The second-order valence-electron chi connectivity index (χ2n) is 17.2. The second kappa shape index (κ2) is 12.4. The van der Waals surface area contributed by atoms with Crippen LogP contribution in [0.15, 0.2) is 64.6 Å². The first-order chi connectivity index (χ1) is 23.9. The molecule has 2 aromatic carbocycles. The van der Waals surface area contributed by atoms with Crippen molar-refractivity contribution >= 4 is 21.9 Å². The van der Waals surface area contributed by atoms with Gasteiger partial charge in [-0.15, -0.1) is 0 Å². The zero-order chi connectivity index (χ0) is 36.9. The fourth-order valence-electron chi connectivity index (χ4n) is 10.6. The van der Waals surface area contributed by atoms with Crippen LogP contribution in [0.25, 0.3) is 0 Å². The van der Waals surface area contributed by atoms with E-state index in [0.717, 1.165) is 41.5 Å². The molecule has 0 spiro atoms. The van der Waals surface area contributed by atoms with Crippen molar-refractivity contribution in [3.05, 3.63) is 82.0 Å². The molecule has 0 amide bonds. The van der Waals surface area contributed by atoms with Crippen LogP contribution in [0.3, 0.4) is 0 Å². The average molecular weight is 715 g/mol. The Morgan fingerprint density at radius 1 is 0.922 bits per heavy atom. The number of ketones is 1. The first-order valence-corrected chi connectivity index (χ1v) is 20.4. The number of carbonyl (C=O) groups excluding carboxylic acids is 2. The number of fused-ring (bicyclic) bond motifs is 3. The smallest absolute Gasteiger partial charge is 0.339 e. The van der Waals surface area contributed by atoms with Crippen molar-refractivity contribution in [1.82, 2.24) is 0 Å². The van der Waals surface area contributed by atoms with E-state index in [1.807, 2.05) is 58.9 Å². The minimum atomic E-state index is -4.11. The Hall–Kier alpha value is -3.23. The number of hydrogen-bond acceptors (Lipinski definition) is 7. The van der Waals surface area contributed by atoms with E-state index in [0.29, 0.717) is 0 Å². The second-order valence-corrected chi connectivity index (χ2v) is 18.7. The summed E-state index contributed by atoms with van der Waals surface area (Å²) in [7, 11) is -4.11. The van der Waals surface area contributed by atoms with E-state index in [4.69, 9.17) is 13.7 Å². The van der Waals surface area contributed by atoms with Crippen molar-refractivity contribution in [3.63, 3.8) is 0 Å². The fraction of sp³-hybridized carbons (Fsp3) is 0.581. The maximum absolute atomic E-state index is 14.0. The number of ether oxygens (including phenoxy) is 2. The summed E-state index contributed by atoms with van der Waals surface area (Å²) in [5, 5.41) is 0. The molecule has 7 rings (SSSR count). The van der Waals surface area contributed by atoms with Crippen LogP contribution < -0.4 is 4.18 Å². The summed E-state index contributed by atoms with van der Waals surface area (Å²) in [6.07, 6.45) is 4.96. The van der Waals surface area contributed by atoms with Crippen molar-refractivity contribution in [1.29, 1.82) is 0 Å². The number of esters is 1. The Kier molecular flexibility index (Phi) is 8.81. The highest BCUT2D eigenvalue weighted by molar-refractivity contribution is 7.87. The molecule has 0 N–H and O–H groups in total. The molecule has 2 heterocycles. The van der Waals surface area contributed by atoms with E-state index < -0.39 is 27.1 Å². The fourth-order valence-corrected chi connectivity index (χ4v) is 12.2. The molecule has 8 heteroatoms. The van der Waals surface area contributed by atoms with Gasteiger partial charge in [-0.25, -0.2) is 0 Å². The zero-order valence-electron chi connectivity index (χ0n) is 31.8. The third-order valence-corrected chi connectivity index (χ3v) is 14.7. The van der Waals surface area contributed by atoms with Crippen molar-refractivity contribution in [2.75, 3.05) is 0 Å². The predicted octanol–water partition coefficient (Wildman–Crippen LogP) is 9.13. The maximum atomic E-state index is 14.0. The maximum Gasteiger partial charge on any atom is 0.339 e. The van der Waals surface area contributed by atoms with Crippen LogP contribution in [0.5, 0.6) is 5.75 Å². The summed E-state index contributed by atoms with van der Waals surface area (Å²) in [6, 6.07) is 11.5. The summed E-state index contributed by atoms with van der Waals surface area (Å²) in [5.74, 6) is 0.364. The van der Waals surface area contributed by atoms with Gasteiger partial charge in [0.15, 0.2) is 5.78 Å². The van der Waals surface area contributed by atoms with Crippen molar-refractivity contribution in [2.45, 2.75) is 135 Å². The third kappa shape index (κ3) is 5.40. The Morgan fingerprint density at radius 3 is 2.12 bits per heavy atom. The van der Waals surface area contributed by atoms with Gasteiger partial charge in [0.05, 0.1) is 17.6 Å². The molecule has 0 aromatic heterocycles. The van der Waals surface area contributed by atoms with Gasteiger partial charge in [0.25, 0.3) is 0 Å². The molecule has 9 atom stereocenters. The van der Waals surface area contributed by atoms with Gasteiger partial charge >= 0.3 is 16.1 Å². The Bertz CT molecular complexity index is 1910. The van der Waals surface area contributed by atoms with Crippen LogP contribution in [-0.2, 0) is 29.2 Å². The minimum Gasteiger partial charge on any atom is -0.459 e. The van der Waals surface area contributed by atoms with Gasteiger partial charge in [-0.2, -0.15) is 8.42 Å². The largest absolute Gasteiger partial charge is 0.459 e. The van der Waals surface area contributed by atoms with E-state index >= 15 is 0 Å². The molecule has 274 valence electrons. The Labute approximate surface area is 304 Å². The first kappa shape index (κ1) is 36.1. The van der Waals surface area contributed by atoms with Gasteiger partial charge in [-0.05, 0) is 102 Å². The van der Waals surface area contributed by atoms with E-state index in [-0.39, 0.29) is 76.0 Å². The summed E-state index contributed by atoms with van der Waals surface area (Å²) >= 11 is 0. The molecule has 5 aliphatic rings. The molecule has 1 saturated carbocycles. The molecule has 0 unspecified atom stereocenters. The summed E-state index contributed by atoms with van der Waals surface area (Å²) in [6.45, 7) is 20.7. The van der Waals surface area contributed by atoms with E-state index in [2.05, 4.69) is 34.6 Å². The molecule has 2 aromatic rings. The van der Waals surface area contributed by atoms with E-state index in [9.17, 15) is 18.0 Å². The van der Waals surface area contributed by atoms with Gasteiger partial charge < -0.3 is 13.7 Å². The highest BCUT2D eigenvalue weighted by atomic mass is 32.2. The number of rotatable bonds is 8. The highest BCUT2D eigenvalue weighted by Gasteiger charge is 2.72. The van der Waals surface area contributed by atoms with Gasteiger partial charge in [0.1, 0.15) is 16.7 Å². The molecule has 0 radical (unpaired) electrons. The molecule has 3 fully saturated rings. The zero-order valence-corrected chi connectivity index (χ0v) is 32.6. The van der Waals surface area contributed by atoms with Crippen molar-refractivity contribution in [3.8, 4) is 5.75 Å². The van der Waals surface area contributed by atoms with Gasteiger partial charge in [-0.1, -0.05) is 97.7 Å². The molecule has 2 saturated heterocycles. The van der Waals surface area contributed by atoms with Crippen LogP contribution in [-0.4, -0.2) is 38.5 Å². The van der Waals surface area contributed by atoms with Crippen molar-refractivity contribution < 1.29 is 31.7 Å². The van der Waals surface area contributed by atoms with E-state index in [1.54, 1.807) is 24.3 Å². The van der Waals surface area contributed by atoms with E-state index in [1.165, 1.54) is 11.1 Å². The monoisotopic (exact) mass is 714 g/mol. The Balaban J connectivity index is 1.16. The van der Waals surface area contributed by atoms with Gasteiger partial charge in [-0.3, -0.25) is 9.59 Å².